The molecule has 0 atom stereocenters. The normalized spacial score (nSPS) is 13.8. The van der Waals surface area contributed by atoms with E-state index < -0.39 is 0 Å². The minimum absolute atomic E-state index is 0. The van der Waals surface area contributed by atoms with Crippen LogP contribution in [0.3, 0.4) is 0 Å². The van der Waals surface area contributed by atoms with Gasteiger partial charge in [-0.2, -0.15) is 0 Å². The Hall–Kier alpha value is -1.31. The fourth-order valence-electron chi connectivity index (χ4n) is 3.01. The molecule has 1 aliphatic rings. The predicted molar refractivity (Wildman–Crippen MR) is 119 cm³/mol. The van der Waals surface area contributed by atoms with Crippen LogP contribution in [0.4, 0.5) is 0 Å². The Morgan fingerprint density at radius 2 is 1.96 bits per heavy atom. The average molecular weight is 472 g/mol. The van der Waals surface area contributed by atoms with Gasteiger partial charge in [0.25, 0.3) is 0 Å². The summed E-state index contributed by atoms with van der Waals surface area (Å²) in [7, 11) is 0. The van der Waals surface area contributed by atoms with Crippen molar-refractivity contribution in [3.63, 3.8) is 0 Å². The van der Waals surface area contributed by atoms with E-state index in [1.54, 1.807) is 0 Å². The maximum absolute atomic E-state index is 12.5. The summed E-state index contributed by atoms with van der Waals surface area (Å²) in [5, 5.41) is 6.53. The van der Waals surface area contributed by atoms with Gasteiger partial charge in [0.2, 0.25) is 5.91 Å². The van der Waals surface area contributed by atoms with Crippen LogP contribution in [-0.2, 0) is 17.8 Å². The lowest BCUT2D eigenvalue weighted by atomic mass is 10.00. The molecule has 5 nitrogen and oxygen atoms in total. The Balaban J connectivity index is 0.00000338. The van der Waals surface area contributed by atoms with Crippen LogP contribution in [0.15, 0.2) is 29.3 Å². The van der Waals surface area contributed by atoms with Crippen LogP contribution in [0, 0.1) is 5.92 Å². The van der Waals surface area contributed by atoms with Crippen LogP contribution in [0.2, 0.25) is 0 Å². The number of benzene rings is 1. The van der Waals surface area contributed by atoms with Gasteiger partial charge < -0.3 is 15.5 Å². The Morgan fingerprint density at radius 1 is 1.23 bits per heavy atom. The largest absolute Gasteiger partial charge is 0.357 e. The van der Waals surface area contributed by atoms with Gasteiger partial charge in [-0.25, -0.2) is 4.99 Å². The number of nitrogens with one attached hydrogen (secondary N) is 2. The van der Waals surface area contributed by atoms with Crippen molar-refractivity contribution in [3.05, 3.63) is 35.4 Å². The standard InChI is InChI=1S/C20H32N4O.HI/c1-4-21-20(22-12-7-8-16(2)3)23-14-19(25)24-13-11-17-9-5-6-10-18(17)15-24;/h5-6,9-10,16H,4,7-8,11-15H2,1-3H3,(H2,21,22,23);1H. The fraction of sp³-hybridized carbons (Fsp3) is 0.600. The number of hydrogen-bond acceptors (Lipinski definition) is 2. The molecule has 0 bridgehead atoms. The Morgan fingerprint density at radius 3 is 2.65 bits per heavy atom. The molecule has 1 aromatic carbocycles. The van der Waals surface area contributed by atoms with Crippen LogP contribution in [0.1, 0.15) is 44.7 Å². The van der Waals surface area contributed by atoms with Crippen LogP contribution < -0.4 is 10.6 Å². The second kappa shape index (κ2) is 12.1. The number of guanidine groups is 1. The summed E-state index contributed by atoms with van der Waals surface area (Å²) in [5.41, 5.74) is 2.61. The lowest BCUT2D eigenvalue weighted by molar-refractivity contribution is -0.130. The number of rotatable bonds is 7. The zero-order valence-electron chi connectivity index (χ0n) is 16.3. The molecule has 1 amide bonds. The summed E-state index contributed by atoms with van der Waals surface area (Å²) in [6.07, 6.45) is 3.23. The first-order valence-electron chi connectivity index (χ1n) is 9.47. The van der Waals surface area contributed by atoms with E-state index in [2.05, 4.69) is 47.7 Å². The highest BCUT2D eigenvalue weighted by atomic mass is 127. The topological polar surface area (TPSA) is 56.7 Å². The maximum atomic E-state index is 12.5. The molecule has 1 aromatic rings. The number of hydrogen-bond donors (Lipinski definition) is 2. The molecule has 0 spiro atoms. The van der Waals surface area contributed by atoms with Crippen LogP contribution in [0.5, 0.6) is 0 Å². The lowest BCUT2D eigenvalue weighted by Gasteiger charge is -2.28. The van der Waals surface area contributed by atoms with E-state index in [0.29, 0.717) is 12.5 Å². The van der Waals surface area contributed by atoms with Gasteiger partial charge in [0.15, 0.2) is 5.96 Å². The summed E-state index contributed by atoms with van der Waals surface area (Å²) >= 11 is 0. The summed E-state index contributed by atoms with van der Waals surface area (Å²) in [4.78, 5) is 18.9. The van der Waals surface area contributed by atoms with E-state index in [-0.39, 0.29) is 36.4 Å². The van der Waals surface area contributed by atoms with Crippen LogP contribution in [-0.4, -0.2) is 42.9 Å². The van der Waals surface area contributed by atoms with Gasteiger partial charge >= 0.3 is 0 Å². The average Bonchev–Trinajstić information content (AvgIpc) is 2.62. The number of halogens is 1. The molecule has 0 aliphatic carbocycles. The van der Waals surface area contributed by atoms with Crippen molar-refractivity contribution < 1.29 is 4.79 Å². The first kappa shape index (κ1) is 22.7. The summed E-state index contributed by atoms with van der Waals surface area (Å²) in [6.45, 7) is 9.85. The van der Waals surface area contributed by atoms with E-state index in [9.17, 15) is 4.79 Å². The third kappa shape index (κ3) is 7.51. The number of nitrogens with zero attached hydrogens (tertiary/aromatic N) is 2. The molecule has 0 aromatic heterocycles. The zero-order chi connectivity index (χ0) is 18.1. The Kier molecular flexibility index (Phi) is 10.6. The van der Waals surface area contributed by atoms with Crippen molar-refractivity contribution in [1.82, 2.24) is 15.5 Å². The zero-order valence-corrected chi connectivity index (χ0v) is 18.6. The highest BCUT2D eigenvalue weighted by Crippen LogP contribution is 2.18. The molecule has 0 saturated heterocycles. The fourth-order valence-corrected chi connectivity index (χ4v) is 3.01. The van der Waals surface area contributed by atoms with Crippen LogP contribution >= 0.6 is 24.0 Å². The molecule has 2 N–H and O–H groups in total. The van der Waals surface area contributed by atoms with E-state index in [0.717, 1.165) is 38.4 Å². The number of carbonyl (C=O) groups is 1. The second-order valence-corrected chi connectivity index (χ2v) is 6.99. The molecule has 146 valence electrons. The molecule has 1 aliphatic heterocycles. The van der Waals surface area contributed by atoms with Crippen molar-refractivity contribution >= 4 is 35.8 Å². The number of amides is 1. The molecule has 0 unspecified atom stereocenters. The molecule has 0 radical (unpaired) electrons. The molecular formula is C20H33IN4O. The van der Waals surface area contributed by atoms with Gasteiger partial charge in [-0.05, 0) is 43.2 Å². The van der Waals surface area contributed by atoms with Crippen molar-refractivity contribution in [1.29, 1.82) is 0 Å². The van der Waals surface area contributed by atoms with Crippen molar-refractivity contribution in [2.45, 2.75) is 46.6 Å². The van der Waals surface area contributed by atoms with E-state index in [1.165, 1.54) is 17.5 Å². The van der Waals surface area contributed by atoms with E-state index >= 15 is 0 Å². The van der Waals surface area contributed by atoms with Crippen molar-refractivity contribution in [2.24, 2.45) is 10.9 Å². The molecule has 2 rings (SSSR count). The summed E-state index contributed by atoms with van der Waals surface area (Å²) < 4.78 is 0. The number of aliphatic imine (C=N–C) groups is 1. The quantitative estimate of drug-likeness (QED) is 0.278. The SMILES string of the molecule is CCNC(=NCC(=O)N1CCc2ccccc2C1)NCCCC(C)C.I. The predicted octanol–water partition coefficient (Wildman–Crippen LogP) is 3.18. The monoisotopic (exact) mass is 472 g/mol. The Bertz CT molecular complexity index is 589. The van der Waals surface area contributed by atoms with Gasteiger partial charge in [0, 0.05) is 26.2 Å². The van der Waals surface area contributed by atoms with Gasteiger partial charge in [-0.1, -0.05) is 38.1 Å². The first-order valence-corrected chi connectivity index (χ1v) is 9.47. The third-order valence-electron chi connectivity index (χ3n) is 4.45. The van der Waals surface area contributed by atoms with Gasteiger partial charge in [0.1, 0.15) is 6.54 Å². The first-order chi connectivity index (χ1) is 12.1. The number of fused-ring (bicyclic) bond motifs is 1. The lowest BCUT2D eigenvalue weighted by Crippen LogP contribution is -2.40. The minimum atomic E-state index is 0. The maximum Gasteiger partial charge on any atom is 0.244 e. The minimum Gasteiger partial charge on any atom is -0.357 e. The molecule has 0 fully saturated rings. The second-order valence-electron chi connectivity index (χ2n) is 6.99. The van der Waals surface area contributed by atoms with Crippen molar-refractivity contribution in [2.75, 3.05) is 26.2 Å². The molecule has 1 heterocycles. The Labute approximate surface area is 175 Å². The third-order valence-corrected chi connectivity index (χ3v) is 4.45. The van der Waals surface area contributed by atoms with E-state index in [1.807, 2.05) is 17.9 Å². The van der Waals surface area contributed by atoms with Crippen molar-refractivity contribution in [3.8, 4) is 0 Å². The molecule has 26 heavy (non-hydrogen) atoms. The molecule has 0 saturated carbocycles. The van der Waals surface area contributed by atoms with Gasteiger partial charge in [0.05, 0.1) is 0 Å². The van der Waals surface area contributed by atoms with Crippen LogP contribution in [0.25, 0.3) is 0 Å². The highest BCUT2D eigenvalue weighted by Gasteiger charge is 2.19. The molecule has 6 heteroatoms. The molecular weight excluding hydrogens is 439 g/mol. The summed E-state index contributed by atoms with van der Waals surface area (Å²) in [5.74, 6) is 1.54. The number of carbonyl (C=O) groups excluding carboxylic acids is 1. The summed E-state index contributed by atoms with van der Waals surface area (Å²) in [6, 6.07) is 8.36. The van der Waals surface area contributed by atoms with E-state index in [4.69, 9.17) is 0 Å². The van der Waals surface area contributed by atoms with Gasteiger partial charge in [-0.15, -0.1) is 24.0 Å². The highest BCUT2D eigenvalue weighted by molar-refractivity contribution is 14.0. The van der Waals surface area contributed by atoms with Gasteiger partial charge in [-0.3, -0.25) is 4.79 Å². The smallest absolute Gasteiger partial charge is 0.244 e.